The number of carbonyl (C=O) groups excluding carboxylic acids is 4. The molecule has 1 aliphatic rings. The Labute approximate surface area is 150 Å². The van der Waals surface area contributed by atoms with Crippen molar-refractivity contribution < 1.29 is 19.2 Å². The summed E-state index contributed by atoms with van der Waals surface area (Å²) in [7, 11) is 0. The largest absolute Gasteiger partial charge is 0.368 e. The van der Waals surface area contributed by atoms with Gasteiger partial charge in [0.15, 0.2) is 0 Å². The zero-order chi connectivity index (χ0) is 19.6. The first-order valence-corrected chi connectivity index (χ1v) is 9.17. The van der Waals surface area contributed by atoms with Crippen LogP contribution in [0.2, 0.25) is 0 Å². The summed E-state index contributed by atoms with van der Waals surface area (Å²) in [6, 6.07) is -0.649. The van der Waals surface area contributed by atoms with E-state index >= 15 is 0 Å². The smallest absolute Gasteiger partial charge is 0.240 e. The molecule has 1 rings (SSSR count). The highest BCUT2D eigenvalue weighted by molar-refractivity contribution is 6.03. The topological polar surface area (TPSA) is 110 Å². The van der Waals surface area contributed by atoms with E-state index in [1.807, 2.05) is 27.7 Å². The first-order valence-electron chi connectivity index (χ1n) is 9.17. The summed E-state index contributed by atoms with van der Waals surface area (Å²) in [4.78, 5) is 47.7. The fourth-order valence-corrected chi connectivity index (χ4v) is 2.63. The quantitative estimate of drug-likeness (QED) is 0.483. The molecule has 1 aliphatic heterocycles. The van der Waals surface area contributed by atoms with Crippen molar-refractivity contribution in [3.05, 3.63) is 0 Å². The Bertz CT molecular complexity index is 477. The van der Waals surface area contributed by atoms with E-state index in [1.165, 1.54) is 4.90 Å². The van der Waals surface area contributed by atoms with Crippen LogP contribution in [0.3, 0.4) is 0 Å². The van der Waals surface area contributed by atoms with E-state index in [0.29, 0.717) is 32.2 Å². The lowest BCUT2D eigenvalue weighted by molar-refractivity contribution is -0.139. The van der Waals surface area contributed by atoms with Gasteiger partial charge < -0.3 is 11.1 Å². The van der Waals surface area contributed by atoms with Crippen LogP contribution in [0, 0.1) is 11.8 Å². The van der Waals surface area contributed by atoms with Gasteiger partial charge in [0.1, 0.15) is 6.04 Å². The molecule has 0 spiro atoms. The molecular weight excluding hydrogens is 322 g/mol. The minimum absolute atomic E-state index is 0.0503. The molecule has 1 heterocycles. The monoisotopic (exact) mass is 355 g/mol. The molecule has 2 atom stereocenters. The molecule has 4 amide bonds. The number of primary amides is 1. The number of nitrogens with two attached hydrogens (primary N) is 1. The van der Waals surface area contributed by atoms with E-state index < -0.39 is 11.9 Å². The van der Waals surface area contributed by atoms with Crippen LogP contribution in [0.1, 0.15) is 66.7 Å². The Hall–Kier alpha value is -1.92. The minimum Gasteiger partial charge on any atom is -0.368 e. The van der Waals surface area contributed by atoms with Crippen molar-refractivity contribution >= 4 is 23.6 Å². The van der Waals surface area contributed by atoms with E-state index in [2.05, 4.69) is 5.32 Å². The number of amides is 4. The molecule has 0 aliphatic carbocycles. The summed E-state index contributed by atoms with van der Waals surface area (Å²) in [6.45, 7) is 9.81. The second kappa shape index (κ2) is 11.6. The van der Waals surface area contributed by atoms with Gasteiger partial charge >= 0.3 is 0 Å². The maximum Gasteiger partial charge on any atom is 0.240 e. The van der Waals surface area contributed by atoms with Crippen LogP contribution < -0.4 is 11.1 Å². The van der Waals surface area contributed by atoms with Gasteiger partial charge in [-0.15, -0.1) is 0 Å². The highest BCUT2D eigenvalue weighted by Crippen LogP contribution is 2.19. The Morgan fingerprint density at radius 3 is 2.24 bits per heavy atom. The van der Waals surface area contributed by atoms with Crippen molar-refractivity contribution in [3.8, 4) is 0 Å². The normalized spacial score (nSPS) is 18.0. The van der Waals surface area contributed by atoms with Gasteiger partial charge in [0, 0.05) is 25.3 Å². The van der Waals surface area contributed by atoms with Gasteiger partial charge in [-0.3, -0.25) is 24.1 Å². The van der Waals surface area contributed by atoms with Gasteiger partial charge in [-0.1, -0.05) is 41.0 Å². The second-order valence-electron chi connectivity index (χ2n) is 6.49. The maximum atomic E-state index is 11.8. The van der Waals surface area contributed by atoms with Crippen LogP contribution in [0.25, 0.3) is 0 Å². The van der Waals surface area contributed by atoms with E-state index in [4.69, 9.17) is 5.73 Å². The van der Waals surface area contributed by atoms with Gasteiger partial charge in [-0.25, -0.2) is 0 Å². The van der Waals surface area contributed by atoms with Crippen molar-refractivity contribution in [2.75, 3.05) is 6.54 Å². The average Bonchev–Trinajstić information content (AvgIpc) is 2.79. The molecule has 144 valence electrons. The zero-order valence-corrected chi connectivity index (χ0v) is 16.1. The molecule has 0 bridgehead atoms. The first-order chi connectivity index (χ1) is 11.7. The van der Waals surface area contributed by atoms with E-state index in [9.17, 15) is 19.2 Å². The summed E-state index contributed by atoms with van der Waals surface area (Å²) in [5.41, 5.74) is 5.25. The van der Waals surface area contributed by atoms with Crippen LogP contribution in [-0.2, 0) is 19.2 Å². The van der Waals surface area contributed by atoms with Crippen LogP contribution in [-0.4, -0.2) is 41.1 Å². The second-order valence-corrected chi connectivity index (χ2v) is 6.49. The van der Waals surface area contributed by atoms with Crippen LogP contribution >= 0.6 is 0 Å². The van der Waals surface area contributed by atoms with Crippen molar-refractivity contribution in [2.45, 2.75) is 72.8 Å². The van der Waals surface area contributed by atoms with E-state index in [0.717, 1.165) is 6.42 Å². The molecule has 1 saturated heterocycles. The molecule has 1 fully saturated rings. The lowest BCUT2D eigenvalue weighted by Gasteiger charge is -2.19. The standard InChI is InChI=1S/C16H27N3O4.C2H6/c1-10(2)14(15(17)22)18-12(20)7-5-4-6-8-19-13(21)9-11(3)16(19)23;1-2/h10-11,14H,4-9H2,1-3H3,(H2,17,22)(H,18,20);1-2H3. The molecule has 7 heteroatoms. The molecule has 2 unspecified atom stereocenters. The molecule has 0 aromatic heterocycles. The average molecular weight is 355 g/mol. The fraction of sp³-hybridized carbons (Fsp3) is 0.778. The highest BCUT2D eigenvalue weighted by atomic mass is 16.2. The molecule has 3 N–H and O–H groups in total. The number of likely N-dealkylation sites (tertiary alicyclic amines) is 1. The van der Waals surface area contributed by atoms with E-state index in [1.54, 1.807) is 6.92 Å². The number of carbonyl (C=O) groups is 4. The molecule has 25 heavy (non-hydrogen) atoms. The number of nitrogens with one attached hydrogen (secondary N) is 1. The summed E-state index contributed by atoms with van der Waals surface area (Å²) < 4.78 is 0. The third-order valence-electron chi connectivity index (χ3n) is 4.04. The van der Waals surface area contributed by atoms with Gasteiger partial charge in [-0.05, 0) is 18.8 Å². The predicted molar refractivity (Wildman–Crippen MR) is 96.3 cm³/mol. The van der Waals surface area contributed by atoms with Gasteiger partial charge in [-0.2, -0.15) is 0 Å². The van der Waals surface area contributed by atoms with Crippen LogP contribution in [0.4, 0.5) is 0 Å². The maximum absolute atomic E-state index is 11.8. The van der Waals surface area contributed by atoms with Crippen LogP contribution in [0.15, 0.2) is 0 Å². The summed E-state index contributed by atoms with van der Waals surface area (Å²) in [5, 5.41) is 2.64. The minimum atomic E-state index is -0.649. The zero-order valence-electron chi connectivity index (χ0n) is 16.1. The van der Waals surface area contributed by atoms with Gasteiger partial charge in [0.2, 0.25) is 23.6 Å². The molecule has 0 aromatic carbocycles. The molecule has 7 nitrogen and oxygen atoms in total. The lowest BCUT2D eigenvalue weighted by Crippen LogP contribution is -2.47. The first kappa shape index (κ1) is 23.1. The summed E-state index contributed by atoms with van der Waals surface area (Å²) in [5.74, 6) is -1.21. The lowest BCUT2D eigenvalue weighted by atomic mass is 10.0. The Morgan fingerprint density at radius 1 is 1.20 bits per heavy atom. The highest BCUT2D eigenvalue weighted by Gasteiger charge is 2.34. The Balaban J connectivity index is 0.00000277. The van der Waals surface area contributed by atoms with Crippen molar-refractivity contribution in [1.82, 2.24) is 10.2 Å². The summed E-state index contributed by atoms with van der Waals surface area (Å²) >= 11 is 0. The van der Waals surface area contributed by atoms with E-state index in [-0.39, 0.29) is 29.6 Å². The SMILES string of the molecule is CC.CC1CC(=O)N(CCCCCC(=O)NC(C(N)=O)C(C)C)C1=O. The number of hydrogen-bond donors (Lipinski definition) is 2. The summed E-state index contributed by atoms with van der Waals surface area (Å²) in [6.07, 6.45) is 2.66. The van der Waals surface area contributed by atoms with Crippen LogP contribution in [0.5, 0.6) is 0 Å². The van der Waals surface area contributed by atoms with Crippen molar-refractivity contribution in [2.24, 2.45) is 17.6 Å². The third kappa shape index (κ3) is 7.67. The third-order valence-corrected chi connectivity index (χ3v) is 4.04. The molecule has 0 aromatic rings. The number of rotatable bonds is 9. The Kier molecular flexibility index (Phi) is 10.7. The molecular formula is C18H33N3O4. The number of unbranched alkanes of at least 4 members (excludes halogenated alkanes) is 2. The predicted octanol–water partition coefficient (Wildman–Crippen LogP) is 1.59. The number of nitrogens with zero attached hydrogens (tertiary/aromatic N) is 1. The number of imide groups is 1. The molecule has 0 radical (unpaired) electrons. The fourth-order valence-electron chi connectivity index (χ4n) is 2.63. The van der Waals surface area contributed by atoms with Gasteiger partial charge in [0.25, 0.3) is 0 Å². The number of hydrogen-bond acceptors (Lipinski definition) is 4. The Morgan fingerprint density at radius 2 is 1.80 bits per heavy atom. The van der Waals surface area contributed by atoms with Crippen molar-refractivity contribution in [1.29, 1.82) is 0 Å². The molecule has 0 saturated carbocycles. The van der Waals surface area contributed by atoms with Crippen molar-refractivity contribution in [3.63, 3.8) is 0 Å². The van der Waals surface area contributed by atoms with Gasteiger partial charge in [0.05, 0.1) is 0 Å².